The van der Waals surface area contributed by atoms with E-state index in [2.05, 4.69) is 15.5 Å². The fourth-order valence-electron chi connectivity index (χ4n) is 3.05. The zero-order valence-corrected chi connectivity index (χ0v) is 13.1. The van der Waals surface area contributed by atoms with Crippen LogP contribution in [0.1, 0.15) is 31.5 Å². The van der Waals surface area contributed by atoms with Crippen molar-refractivity contribution < 1.29 is 9.90 Å². The van der Waals surface area contributed by atoms with Crippen molar-refractivity contribution in [3.63, 3.8) is 0 Å². The highest BCUT2D eigenvalue weighted by atomic mass is 16.3. The second-order valence-corrected chi connectivity index (χ2v) is 6.02. The maximum absolute atomic E-state index is 12.0. The molecule has 1 amide bonds. The number of aliphatic hydroxyl groups excluding tert-OH is 1. The van der Waals surface area contributed by atoms with Gasteiger partial charge in [0.2, 0.25) is 5.91 Å². The van der Waals surface area contributed by atoms with Crippen LogP contribution in [0.5, 0.6) is 0 Å². The van der Waals surface area contributed by atoms with Gasteiger partial charge in [-0.2, -0.15) is 0 Å². The number of carbonyl (C=O) groups is 1. The number of nitrogens with one attached hydrogen (secondary N) is 1. The second-order valence-electron chi connectivity index (χ2n) is 6.02. The van der Waals surface area contributed by atoms with E-state index in [0.29, 0.717) is 19.4 Å². The smallest absolute Gasteiger partial charge is 0.220 e. The van der Waals surface area contributed by atoms with Gasteiger partial charge in [-0.1, -0.05) is 24.6 Å². The highest BCUT2D eigenvalue weighted by Gasteiger charge is 2.25. The quantitative estimate of drug-likeness (QED) is 0.846. The molecule has 1 aromatic heterocycles. The summed E-state index contributed by atoms with van der Waals surface area (Å²) in [6, 6.07) is 9.83. The van der Waals surface area contributed by atoms with Crippen LogP contribution in [-0.4, -0.2) is 38.4 Å². The summed E-state index contributed by atoms with van der Waals surface area (Å²) >= 11 is 0. The van der Waals surface area contributed by atoms with Crippen molar-refractivity contribution in [2.24, 2.45) is 5.92 Å². The van der Waals surface area contributed by atoms with Crippen LogP contribution < -0.4 is 5.32 Å². The average molecular weight is 314 g/mol. The Balaban J connectivity index is 1.51. The topological polar surface area (TPSA) is 80.0 Å². The normalized spacial score (nSPS) is 20.6. The highest BCUT2D eigenvalue weighted by Crippen LogP contribution is 2.24. The monoisotopic (exact) mass is 314 g/mol. The molecule has 1 saturated carbocycles. The summed E-state index contributed by atoms with van der Waals surface area (Å²) in [5.74, 6) is 0.964. The lowest BCUT2D eigenvalue weighted by molar-refractivity contribution is -0.121. The molecular formula is C17H22N4O2. The van der Waals surface area contributed by atoms with Crippen LogP contribution >= 0.6 is 0 Å². The van der Waals surface area contributed by atoms with E-state index in [1.807, 2.05) is 34.9 Å². The molecule has 1 aromatic carbocycles. The predicted octanol–water partition coefficient (Wildman–Crippen LogP) is 1.48. The van der Waals surface area contributed by atoms with Gasteiger partial charge in [0.25, 0.3) is 0 Å². The lowest BCUT2D eigenvalue weighted by atomic mass is 10.1. The van der Waals surface area contributed by atoms with Gasteiger partial charge in [-0.3, -0.25) is 9.36 Å². The lowest BCUT2D eigenvalue weighted by Crippen LogP contribution is -2.32. The molecule has 1 aliphatic rings. The molecule has 2 N–H and O–H groups in total. The van der Waals surface area contributed by atoms with Crippen LogP contribution in [0.2, 0.25) is 0 Å². The molecule has 0 saturated heterocycles. The van der Waals surface area contributed by atoms with E-state index in [-0.39, 0.29) is 17.9 Å². The number of para-hydroxylation sites is 1. The molecule has 1 heterocycles. The first-order valence-electron chi connectivity index (χ1n) is 8.13. The first kappa shape index (κ1) is 15.7. The highest BCUT2D eigenvalue weighted by molar-refractivity contribution is 5.76. The summed E-state index contributed by atoms with van der Waals surface area (Å²) < 4.78 is 1.90. The Morgan fingerprint density at radius 2 is 2.13 bits per heavy atom. The van der Waals surface area contributed by atoms with Crippen molar-refractivity contribution >= 4 is 5.91 Å². The fraction of sp³-hybridized carbons (Fsp3) is 0.471. The minimum atomic E-state index is -0.267. The van der Waals surface area contributed by atoms with Gasteiger partial charge in [0.15, 0.2) is 0 Å². The maximum atomic E-state index is 12.0. The SMILES string of the molecule is O=C(CCc1nncn1-c1ccccc1)NCC1CCCC1O. The number of rotatable bonds is 6. The number of nitrogens with zero attached hydrogens (tertiary/aromatic N) is 3. The maximum Gasteiger partial charge on any atom is 0.220 e. The third-order valence-electron chi connectivity index (χ3n) is 4.41. The van der Waals surface area contributed by atoms with Gasteiger partial charge >= 0.3 is 0 Å². The Labute approximate surface area is 135 Å². The number of hydrogen-bond donors (Lipinski definition) is 2. The molecule has 122 valence electrons. The molecule has 0 spiro atoms. The number of aryl methyl sites for hydroxylation is 1. The molecule has 2 atom stereocenters. The summed E-state index contributed by atoms with van der Waals surface area (Å²) in [5.41, 5.74) is 0.988. The van der Waals surface area contributed by atoms with Gasteiger partial charge in [-0.05, 0) is 25.0 Å². The van der Waals surface area contributed by atoms with Crippen LogP contribution in [0.4, 0.5) is 0 Å². The van der Waals surface area contributed by atoms with Crippen molar-refractivity contribution in [1.29, 1.82) is 0 Å². The second kappa shape index (κ2) is 7.37. The van der Waals surface area contributed by atoms with Crippen LogP contribution in [0.15, 0.2) is 36.7 Å². The van der Waals surface area contributed by atoms with E-state index in [4.69, 9.17) is 0 Å². The minimum absolute atomic E-state index is 0.00767. The van der Waals surface area contributed by atoms with E-state index in [1.165, 1.54) is 0 Å². The molecule has 0 radical (unpaired) electrons. The molecular weight excluding hydrogens is 292 g/mol. The molecule has 2 unspecified atom stereocenters. The van der Waals surface area contributed by atoms with Crippen molar-refractivity contribution in [2.45, 2.75) is 38.2 Å². The third kappa shape index (κ3) is 3.96. The van der Waals surface area contributed by atoms with Crippen LogP contribution in [0.3, 0.4) is 0 Å². The van der Waals surface area contributed by atoms with Crippen molar-refractivity contribution in [3.8, 4) is 5.69 Å². The predicted molar refractivity (Wildman–Crippen MR) is 86.0 cm³/mol. The van der Waals surface area contributed by atoms with E-state index in [9.17, 15) is 9.90 Å². The molecule has 1 aliphatic carbocycles. The summed E-state index contributed by atoms with van der Waals surface area (Å²) in [6.07, 6.45) is 5.18. The molecule has 0 aliphatic heterocycles. The molecule has 3 rings (SSSR count). The lowest BCUT2D eigenvalue weighted by Gasteiger charge is -2.15. The van der Waals surface area contributed by atoms with E-state index in [0.717, 1.165) is 30.8 Å². The van der Waals surface area contributed by atoms with E-state index >= 15 is 0 Å². The van der Waals surface area contributed by atoms with Gasteiger partial charge in [-0.25, -0.2) is 0 Å². The Bertz CT molecular complexity index is 641. The molecule has 2 aromatic rings. The van der Waals surface area contributed by atoms with E-state index < -0.39 is 0 Å². The number of benzene rings is 1. The summed E-state index contributed by atoms with van der Waals surface area (Å²) in [6.45, 7) is 0.561. The first-order valence-corrected chi connectivity index (χ1v) is 8.13. The summed E-state index contributed by atoms with van der Waals surface area (Å²) in [5, 5.41) is 20.7. The van der Waals surface area contributed by atoms with Crippen molar-refractivity contribution in [2.75, 3.05) is 6.54 Å². The van der Waals surface area contributed by atoms with Crippen LogP contribution in [0, 0.1) is 5.92 Å². The Morgan fingerprint density at radius 1 is 1.30 bits per heavy atom. The zero-order valence-electron chi connectivity index (χ0n) is 13.1. The van der Waals surface area contributed by atoms with Gasteiger partial charge in [0, 0.05) is 31.0 Å². The Hall–Kier alpha value is -2.21. The zero-order chi connectivity index (χ0) is 16.1. The molecule has 0 bridgehead atoms. The number of aliphatic hydroxyl groups is 1. The summed E-state index contributed by atoms with van der Waals surface area (Å²) in [4.78, 5) is 12.0. The molecule has 23 heavy (non-hydrogen) atoms. The molecule has 6 heteroatoms. The van der Waals surface area contributed by atoms with Crippen molar-refractivity contribution in [1.82, 2.24) is 20.1 Å². The molecule has 6 nitrogen and oxygen atoms in total. The number of carbonyl (C=O) groups excluding carboxylic acids is 1. The van der Waals surface area contributed by atoms with Gasteiger partial charge < -0.3 is 10.4 Å². The fourth-order valence-corrected chi connectivity index (χ4v) is 3.05. The number of amides is 1. The van der Waals surface area contributed by atoms with Gasteiger partial charge in [0.05, 0.1) is 6.10 Å². The van der Waals surface area contributed by atoms with E-state index in [1.54, 1.807) is 6.33 Å². The van der Waals surface area contributed by atoms with Gasteiger partial charge in [0.1, 0.15) is 12.2 Å². The molecule has 1 fully saturated rings. The largest absolute Gasteiger partial charge is 0.393 e. The van der Waals surface area contributed by atoms with Gasteiger partial charge in [-0.15, -0.1) is 10.2 Å². The third-order valence-corrected chi connectivity index (χ3v) is 4.41. The van der Waals surface area contributed by atoms with Crippen molar-refractivity contribution in [3.05, 3.63) is 42.5 Å². The van der Waals surface area contributed by atoms with Crippen LogP contribution in [-0.2, 0) is 11.2 Å². The van der Waals surface area contributed by atoms with Crippen LogP contribution in [0.25, 0.3) is 5.69 Å². The minimum Gasteiger partial charge on any atom is -0.393 e. The number of hydrogen-bond acceptors (Lipinski definition) is 4. The standard InChI is InChI=1S/C17H22N4O2/c22-15-8-4-5-13(15)11-18-17(23)10-9-16-20-19-12-21(16)14-6-2-1-3-7-14/h1-3,6-7,12-13,15,22H,4-5,8-11H2,(H,18,23). The Kier molecular flexibility index (Phi) is 5.02. The summed E-state index contributed by atoms with van der Waals surface area (Å²) in [7, 11) is 0. The Morgan fingerprint density at radius 3 is 2.87 bits per heavy atom. The first-order chi connectivity index (χ1) is 11.2. The number of aromatic nitrogens is 3. The average Bonchev–Trinajstić information content (AvgIpc) is 3.20.